The summed E-state index contributed by atoms with van der Waals surface area (Å²) in [5.74, 6) is 0. The number of rotatable bonds is 4. The van der Waals surface area contributed by atoms with E-state index in [0.29, 0.717) is 6.42 Å². The molecule has 0 radical (unpaired) electrons. The Morgan fingerprint density at radius 2 is 1.95 bits per heavy atom. The molecule has 2 nitrogen and oxygen atoms in total. The maximum absolute atomic E-state index is 12.9. The maximum Gasteiger partial charge on any atom is 0.0912 e. The van der Waals surface area contributed by atoms with Gasteiger partial charge in [-0.2, -0.15) is 0 Å². The quantitative estimate of drug-likeness (QED) is 0.915. The summed E-state index contributed by atoms with van der Waals surface area (Å²) in [6.45, 7) is 8.02. The van der Waals surface area contributed by atoms with Crippen molar-refractivity contribution in [2.75, 3.05) is 32.9 Å². The molecule has 0 spiro atoms. The summed E-state index contributed by atoms with van der Waals surface area (Å²) in [6, 6.07) is 6.73. The first-order chi connectivity index (χ1) is 8.72. The Morgan fingerprint density at radius 3 is 2.58 bits per heavy atom. The Balaban J connectivity index is 0.00000180. The first-order valence-corrected chi connectivity index (χ1v) is 6.80. The predicted molar refractivity (Wildman–Crippen MR) is 80.9 cm³/mol. The molecule has 2 rings (SSSR count). The molecule has 1 heterocycles. The second-order valence-electron chi connectivity index (χ2n) is 5.14. The summed E-state index contributed by atoms with van der Waals surface area (Å²) >= 11 is 0. The molecule has 1 N–H and O–H groups in total. The monoisotopic (exact) mass is 286 g/mol. The van der Waals surface area contributed by atoms with E-state index in [9.17, 15) is 4.39 Å². The number of alkyl halides is 1. The number of hydrogen-bond acceptors (Lipinski definition) is 2. The molecule has 0 amide bonds. The average molecular weight is 287 g/mol. The van der Waals surface area contributed by atoms with Gasteiger partial charge in [0, 0.05) is 32.2 Å². The van der Waals surface area contributed by atoms with Gasteiger partial charge in [-0.3, -0.25) is 9.29 Å². The Labute approximate surface area is 121 Å². The summed E-state index contributed by atoms with van der Waals surface area (Å²) in [4.78, 5) is 2.41. The molecule has 1 atom stereocenters. The van der Waals surface area contributed by atoms with Crippen molar-refractivity contribution in [3.63, 3.8) is 0 Å². The van der Waals surface area contributed by atoms with E-state index < -0.39 is 0 Å². The maximum atomic E-state index is 12.9. The topological polar surface area (TPSA) is 15.3 Å². The summed E-state index contributed by atoms with van der Waals surface area (Å²) < 4.78 is 12.9. The van der Waals surface area contributed by atoms with Crippen molar-refractivity contribution in [1.29, 1.82) is 0 Å². The molecule has 0 unspecified atom stereocenters. The highest BCUT2D eigenvalue weighted by Gasteiger charge is 2.23. The van der Waals surface area contributed by atoms with Crippen molar-refractivity contribution in [1.82, 2.24) is 10.2 Å². The summed E-state index contributed by atoms with van der Waals surface area (Å²) in [5.41, 5.74) is 3.83. The van der Waals surface area contributed by atoms with Gasteiger partial charge in [0.25, 0.3) is 0 Å². The van der Waals surface area contributed by atoms with Gasteiger partial charge in [0.15, 0.2) is 0 Å². The van der Waals surface area contributed by atoms with Crippen LogP contribution < -0.4 is 5.32 Å². The fraction of sp³-hybridized carbons (Fsp3) is 0.600. The molecule has 0 saturated carbocycles. The molecule has 0 bridgehead atoms. The van der Waals surface area contributed by atoms with Gasteiger partial charge in [0.1, 0.15) is 0 Å². The van der Waals surface area contributed by atoms with E-state index in [4.69, 9.17) is 0 Å². The Bertz CT molecular complexity index is 392. The molecule has 1 aliphatic heterocycles. The number of hydrogen-bond donors (Lipinski definition) is 1. The van der Waals surface area contributed by atoms with Crippen LogP contribution >= 0.6 is 12.4 Å². The fourth-order valence-corrected chi connectivity index (χ4v) is 2.75. The van der Waals surface area contributed by atoms with Crippen LogP contribution in [0, 0.1) is 13.8 Å². The van der Waals surface area contributed by atoms with Gasteiger partial charge in [0.2, 0.25) is 0 Å². The lowest BCUT2D eigenvalue weighted by Crippen LogP contribution is -2.45. The van der Waals surface area contributed by atoms with E-state index >= 15 is 0 Å². The van der Waals surface area contributed by atoms with Crippen LogP contribution in [0.5, 0.6) is 0 Å². The Hall–Kier alpha value is -0.640. The lowest BCUT2D eigenvalue weighted by Gasteiger charge is -2.35. The molecule has 1 aromatic carbocycles. The third kappa shape index (κ3) is 4.16. The Morgan fingerprint density at radius 1 is 1.26 bits per heavy atom. The van der Waals surface area contributed by atoms with Crippen molar-refractivity contribution >= 4 is 12.4 Å². The largest absolute Gasteiger partial charge is 0.314 e. The average Bonchev–Trinajstić information content (AvgIpc) is 2.40. The van der Waals surface area contributed by atoms with Gasteiger partial charge in [-0.1, -0.05) is 23.8 Å². The number of halogens is 2. The molecule has 1 aromatic rings. The molecule has 1 aliphatic rings. The van der Waals surface area contributed by atoms with E-state index in [2.05, 4.69) is 42.3 Å². The van der Waals surface area contributed by atoms with Gasteiger partial charge < -0.3 is 5.32 Å². The smallest absolute Gasteiger partial charge is 0.0912 e. The second-order valence-corrected chi connectivity index (χ2v) is 5.14. The van der Waals surface area contributed by atoms with Gasteiger partial charge in [-0.05, 0) is 31.4 Å². The van der Waals surface area contributed by atoms with Crippen molar-refractivity contribution in [3.05, 3.63) is 34.9 Å². The van der Waals surface area contributed by atoms with E-state index in [0.717, 1.165) is 26.2 Å². The van der Waals surface area contributed by atoms with Crippen molar-refractivity contribution in [2.24, 2.45) is 0 Å². The number of benzene rings is 1. The van der Waals surface area contributed by atoms with Gasteiger partial charge in [0.05, 0.1) is 6.67 Å². The van der Waals surface area contributed by atoms with Crippen molar-refractivity contribution in [3.8, 4) is 0 Å². The number of piperazine rings is 1. The minimum Gasteiger partial charge on any atom is -0.314 e. The molecular formula is C15H24ClFN2. The van der Waals surface area contributed by atoms with Crippen molar-refractivity contribution in [2.45, 2.75) is 26.3 Å². The lowest BCUT2D eigenvalue weighted by atomic mass is 9.95. The van der Waals surface area contributed by atoms with Crippen LogP contribution in [0.2, 0.25) is 0 Å². The SMILES string of the molecule is Cc1ccc(C)c([C@@H](CCF)N2CCNCC2)c1.Cl. The van der Waals surface area contributed by atoms with Gasteiger partial charge in [-0.25, -0.2) is 0 Å². The van der Waals surface area contributed by atoms with Crippen molar-refractivity contribution < 1.29 is 4.39 Å². The molecule has 1 saturated heterocycles. The first-order valence-electron chi connectivity index (χ1n) is 6.80. The van der Waals surface area contributed by atoms with Gasteiger partial charge >= 0.3 is 0 Å². The third-order valence-corrected chi connectivity index (χ3v) is 3.77. The fourth-order valence-electron chi connectivity index (χ4n) is 2.75. The predicted octanol–water partition coefficient (Wildman–Crippen LogP) is 3.03. The normalized spacial score (nSPS) is 17.8. The molecule has 108 valence electrons. The van der Waals surface area contributed by atoms with Crippen LogP contribution in [0.25, 0.3) is 0 Å². The second kappa shape index (κ2) is 7.83. The molecule has 1 fully saturated rings. The minimum absolute atomic E-state index is 0. The van der Waals surface area contributed by atoms with Crippen LogP contribution in [-0.2, 0) is 0 Å². The third-order valence-electron chi connectivity index (χ3n) is 3.77. The lowest BCUT2D eigenvalue weighted by molar-refractivity contribution is 0.157. The van der Waals surface area contributed by atoms with Crippen LogP contribution in [0.15, 0.2) is 18.2 Å². The standard InChI is InChI=1S/C15H23FN2.ClH/c1-12-3-4-13(2)14(11-12)15(5-6-16)18-9-7-17-8-10-18;/h3-4,11,15,17H,5-10H2,1-2H3;1H/t15-;/m1./s1. The van der Waals surface area contributed by atoms with Crippen LogP contribution in [0.3, 0.4) is 0 Å². The summed E-state index contributed by atoms with van der Waals surface area (Å²) in [7, 11) is 0. The van der Waals surface area contributed by atoms with E-state index in [-0.39, 0.29) is 25.1 Å². The highest BCUT2D eigenvalue weighted by molar-refractivity contribution is 5.85. The molecule has 4 heteroatoms. The highest BCUT2D eigenvalue weighted by Crippen LogP contribution is 2.28. The van der Waals surface area contributed by atoms with E-state index in [1.807, 2.05) is 0 Å². The summed E-state index contributed by atoms with van der Waals surface area (Å²) in [6.07, 6.45) is 0.601. The van der Waals surface area contributed by atoms with E-state index in [1.165, 1.54) is 16.7 Å². The number of nitrogens with zero attached hydrogens (tertiary/aromatic N) is 1. The number of aryl methyl sites for hydroxylation is 2. The Kier molecular flexibility index (Phi) is 6.76. The van der Waals surface area contributed by atoms with Gasteiger partial charge in [-0.15, -0.1) is 12.4 Å². The molecular weight excluding hydrogens is 263 g/mol. The van der Waals surface area contributed by atoms with Crippen LogP contribution in [-0.4, -0.2) is 37.8 Å². The zero-order valence-electron chi connectivity index (χ0n) is 11.8. The zero-order valence-corrected chi connectivity index (χ0v) is 12.6. The highest BCUT2D eigenvalue weighted by atomic mass is 35.5. The minimum atomic E-state index is -0.248. The van der Waals surface area contributed by atoms with E-state index in [1.54, 1.807) is 0 Å². The van der Waals surface area contributed by atoms with Crippen LogP contribution in [0.4, 0.5) is 4.39 Å². The molecule has 0 aliphatic carbocycles. The first kappa shape index (κ1) is 16.4. The molecule has 19 heavy (non-hydrogen) atoms. The molecule has 0 aromatic heterocycles. The summed E-state index contributed by atoms with van der Waals surface area (Å²) in [5, 5.41) is 3.35. The zero-order chi connectivity index (χ0) is 13.0. The number of nitrogens with one attached hydrogen (secondary N) is 1. The van der Waals surface area contributed by atoms with Crippen LogP contribution in [0.1, 0.15) is 29.2 Å².